The van der Waals surface area contributed by atoms with E-state index in [0.29, 0.717) is 71.9 Å². The molecule has 0 radical (unpaired) electrons. The zero-order valence-corrected chi connectivity index (χ0v) is 21.7. The highest BCUT2D eigenvalue weighted by molar-refractivity contribution is 5.74. The first-order valence-corrected chi connectivity index (χ1v) is 14.2. The van der Waals surface area contributed by atoms with E-state index in [-0.39, 0.29) is 17.3 Å². The Balaban J connectivity index is 1.22. The molecule has 6 aliphatic rings. The summed E-state index contributed by atoms with van der Waals surface area (Å²) >= 11 is 0. The number of hydrogen-bond donors (Lipinski definition) is 0. The van der Waals surface area contributed by atoms with Crippen molar-refractivity contribution in [3.8, 4) is 0 Å². The van der Waals surface area contributed by atoms with Crippen molar-refractivity contribution in [2.24, 2.45) is 58.2 Å². The zero-order valence-electron chi connectivity index (χ0n) is 21.7. The van der Waals surface area contributed by atoms with E-state index in [1.54, 1.807) is 0 Å². The Morgan fingerprint density at radius 2 is 1.73 bits per heavy atom. The maximum absolute atomic E-state index is 13.1. The minimum atomic E-state index is 0.0411. The summed E-state index contributed by atoms with van der Waals surface area (Å²) in [6.45, 7) is 15.2. The monoisotopic (exact) mass is 458 g/mol. The number of hydrogen-bond acceptors (Lipinski definition) is 4. The molecule has 4 heteroatoms. The summed E-state index contributed by atoms with van der Waals surface area (Å²) in [5, 5.41) is 0. The molecule has 0 aromatic carbocycles. The van der Waals surface area contributed by atoms with Gasteiger partial charge in [0, 0.05) is 0 Å². The summed E-state index contributed by atoms with van der Waals surface area (Å²) in [6, 6.07) is 0. The maximum atomic E-state index is 13.1. The smallest absolute Gasteiger partial charge is 0.309 e. The van der Waals surface area contributed by atoms with Crippen LogP contribution in [0.4, 0.5) is 0 Å². The molecular formula is C29H46O4. The molecule has 3 saturated heterocycles. The average Bonchev–Trinajstić information content (AvgIpc) is 3.67. The van der Waals surface area contributed by atoms with E-state index in [4.69, 9.17) is 14.2 Å². The fraction of sp³-hybridized carbons (Fsp3) is 0.966. The second-order valence-corrected chi connectivity index (χ2v) is 13.7. The van der Waals surface area contributed by atoms with Crippen LogP contribution in [0.25, 0.3) is 0 Å². The first-order valence-electron chi connectivity index (χ1n) is 14.2. The highest BCUT2D eigenvalue weighted by Gasteiger charge is 2.66. The third kappa shape index (κ3) is 3.32. The van der Waals surface area contributed by atoms with Crippen LogP contribution in [-0.2, 0) is 19.0 Å². The SMILES string of the molecule is CC[C@@H](C(C)C)[C@H]1O[C@@H]1[C@@H](C)[C@H]1CC[C@H]2[C@@H]3COC(=O)[C@H]4C[C@@H]5O[C@@H]5C[C@]4(C)[C@H]3CC[C@]12C. The average molecular weight is 459 g/mol. The summed E-state index contributed by atoms with van der Waals surface area (Å²) in [5.41, 5.74) is 0.407. The summed E-state index contributed by atoms with van der Waals surface area (Å²) in [5.74, 6) is 4.64. The normalized spacial score (nSPS) is 54.3. The van der Waals surface area contributed by atoms with Crippen molar-refractivity contribution in [1.82, 2.24) is 0 Å². The van der Waals surface area contributed by atoms with Crippen molar-refractivity contribution in [2.45, 2.75) is 111 Å². The van der Waals surface area contributed by atoms with Crippen LogP contribution in [0.1, 0.15) is 86.5 Å². The minimum Gasteiger partial charge on any atom is -0.465 e. The Bertz CT molecular complexity index is 794. The molecule has 13 atom stereocenters. The van der Waals surface area contributed by atoms with Gasteiger partial charge in [-0.1, -0.05) is 48.0 Å². The van der Waals surface area contributed by atoms with Gasteiger partial charge in [-0.2, -0.15) is 0 Å². The van der Waals surface area contributed by atoms with Gasteiger partial charge < -0.3 is 14.2 Å². The molecule has 186 valence electrons. The van der Waals surface area contributed by atoms with Crippen LogP contribution >= 0.6 is 0 Å². The quantitative estimate of drug-likeness (QED) is 0.382. The van der Waals surface area contributed by atoms with Crippen LogP contribution < -0.4 is 0 Å². The van der Waals surface area contributed by atoms with Gasteiger partial charge in [0.25, 0.3) is 0 Å². The summed E-state index contributed by atoms with van der Waals surface area (Å²) in [4.78, 5) is 13.1. The van der Waals surface area contributed by atoms with Crippen molar-refractivity contribution >= 4 is 5.97 Å². The molecule has 3 aliphatic carbocycles. The Morgan fingerprint density at radius 1 is 0.970 bits per heavy atom. The molecule has 0 aromatic heterocycles. The van der Waals surface area contributed by atoms with Gasteiger partial charge in [0.1, 0.15) is 0 Å². The van der Waals surface area contributed by atoms with E-state index in [9.17, 15) is 4.79 Å². The fourth-order valence-electron chi connectivity index (χ4n) is 10.2. The van der Waals surface area contributed by atoms with Gasteiger partial charge >= 0.3 is 5.97 Å². The van der Waals surface area contributed by atoms with E-state index in [0.717, 1.165) is 18.8 Å². The molecule has 6 fully saturated rings. The highest BCUT2D eigenvalue weighted by Crippen LogP contribution is 2.67. The third-order valence-corrected chi connectivity index (χ3v) is 12.1. The predicted octanol–water partition coefficient (Wildman–Crippen LogP) is 5.87. The molecule has 0 amide bonds. The standard InChI is InChI=1S/C29H46O4/c1-7-17(15(2)3)26-25(33-26)16(4)19-8-9-20-18-14-31-27(30)22-12-23-24(32-23)13-29(22,6)21(18)10-11-28(19,20)5/h15-26H,7-14H2,1-6H3/t16-,17-,18-,19+,20-,21-,22+,23-,24+,25+,26+,28+,29+/m0/s1. The van der Waals surface area contributed by atoms with Crippen LogP contribution in [0, 0.1) is 58.2 Å². The third-order valence-electron chi connectivity index (χ3n) is 12.1. The second kappa shape index (κ2) is 7.69. The number of fused-ring (bicyclic) bond motifs is 6. The van der Waals surface area contributed by atoms with Crippen LogP contribution in [0.3, 0.4) is 0 Å². The van der Waals surface area contributed by atoms with Gasteiger partial charge in [0.2, 0.25) is 0 Å². The van der Waals surface area contributed by atoms with Crippen LogP contribution in [0.15, 0.2) is 0 Å². The molecule has 3 heterocycles. The first kappa shape index (κ1) is 22.8. The molecule has 0 bridgehead atoms. The molecule has 3 aliphatic heterocycles. The van der Waals surface area contributed by atoms with Crippen molar-refractivity contribution in [3.63, 3.8) is 0 Å². The molecular weight excluding hydrogens is 412 g/mol. The lowest BCUT2D eigenvalue weighted by molar-refractivity contribution is -0.152. The molecule has 3 saturated carbocycles. The maximum Gasteiger partial charge on any atom is 0.309 e. The Kier molecular flexibility index (Phi) is 5.32. The lowest BCUT2D eigenvalue weighted by Crippen LogP contribution is -2.51. The number of ether oxygens (including phenoxy) is 3. The Labute approximate surface area is 200 Å². The molecule has 0 N–H and O–H groups in total. The van der Waals surface area contributed by atoms with E-state index in [1.807, 2.05) is 0 Å². The number of epoxide rings is 2. The molecule has 4 nitrogen and oxygen atoms in total. The second-order valence-electron chi connectivity index (χ2n) is 13.7. The van der Waals surface area contributed by atoms with Crippen LogP contribution in [0.5, 0.6) is 0 Å². The van der Waals surface area contributed by atoms with E-state index < -0.39 is 0 Å². The topological polar surface area (TPSA) is 51.4 Å². The van der Waals surface area contributed by atoms with Crippen molar-refractivity contribution < 1.29 is 19.0 Å². The predicted molar refractivity (Wildman–Crippen MR) is 127 cm³/mol. The number of carbonyl (C=O) groups is 1. The minimum absolute atomic E-state index is 0.0411. The van der Waals surface area contributed by atoms with Crippen molar-refractivity contribution in [3.05, 3.63) is 0 Å². The highest BCUT2D eigenvalue weighted by atomic mass is 16.6. The molecule has 0 spiro atoms. The summed E-state index contributed by atoms with van der Waals surface area (Å²) in [6.07, 6.45) is 9.98. The molecule has 0 unspecified atom stereocenters. The lowest BCUT2D eigenvalue weighted by atomic mass is 9.49. The Morgan fingerprint density at radius 3 is 2.45 bits per heavy atom. The van der Waals surface area contributed by atoms with Crippen molar-refractivity contribution in [1.29, 1.82) is 0 Å². The largest absolute Gasteiger partial charge is 0.465 e. The Hall–Kier alpha value is -0.610. The lowest BCUT2D eigenvalue weighted by Gasteiger charge is -2.54. The van der Waals surface area contributed by atoms with Gasteiger partial charge in [0.15, 0.2) is 0 Å². The van der Waals surface area contributed by atoms with E-state index in [2.05, 4.69) is 41.5 Å². The van der Waals surface area contributed by atoms with Gasteiger partial charge in [0.05, 0.1) is 36.9 Å². The number of cyclic esters (lactones) is 1. The number of rotatable bonds is 5. The molecule has 33 heavy (non-hydrogen) atoms. The zero-order chi connectivity index (χ0) is 23.3. The fourth-order valence-corrected chi connectivity index (χ4v) is 10.2. The first-order chi connectivity index (χ1) is 15.7. The van der Waals surface area contributed by atoms with Crippen molar-refractivity contribution in [2.75, 3.05) is 6.61 Å². The number of esters is 1. The molecule has 0 aromatic rings. The molecule has 6 rings (SSSR count). The van der Waals surface area contributed by atoms with Crippen LogP contribution in [-0.4, -0.2) is 37.0 Å². The van der Waals surface area contributed by atoms with Gasteiger partial charge in [-0.25, -0.2) is 0 Å². The van der Waals surface area contributed by atoms with Gasteiger partial charge in [-0.05, 0) is 90.8 Å². The summed E-state index contributed by atoms with van der Waals surface area (Å²) < 4.78 is 18.4. The van der Waals surface area contributed by atoms with Gasteiger partial charge in [-0.3, -0.25) is 4.79 Å². The number of carbonyl (C=O) groups excluding carboxylic acids is 1. The summed E-state index contributed by atoms with van der Waals surface area (Å²) in [7, 11) is 0. The van der Waals surface area contributed by atoms with E-state index >= 15 is 0 Å². The van der Waals surface area contributed by atoms with Gasteiger partial charge in [-0.15, -0.1) is 0 Å². The van der Waals surface area contributed by atoms with E-state index in [1.165, 1.54) is 32.1 Å². The van der Waals surface area contributed by atoms with Crippen LogP contribution in [0.2, 0.25) is 0 Å².